The summed E-state index contributed by atoms with van der Waals surface area (Å²) in [7, 11) is 0. The minimum Gasteiger partial charge on any atom is -0.333 e. The topological polar surface area (TPSA) is 13.1 Å². The van der Waals surface area contributed by atoms with Gasteiger partial charge in [-0.3, -0.25) is 0 Å². The Morgan fingerprint density at radius 1 is 0.383 bits per heavy atom. The van der Waals surface area contributed by atoms with Gasteiger partial charge in [-0.25, -0.2) is 0 Å². The van der Waals surface area contributed by atoms with E-state index in [2.05, 4.69) is 222 Å². The maximum atomic E-state index is 2.54. The van der Waals surface area contributed by atoms with Crippen LogP contribution in [0.5, 0.6) is 0 Å². The van der Waals surface area contributed by atoms with Crippen molar-refractivity contribution in [3.8, 4) is 33.6 Å². The molecule has 0 saturated carbocycles. The molecule has 0 aliphatic carbocycles. The summed E-state index contributed by atoms with van der Waals surface area (Å²) in [5.41, 5.74) is 17.1. The highest BCUT2D eigenvalue weighted by Gasteiger charge is 2.34. The van der Waals surface area contributed by atoms with Crippen LogP contribution in [-0.4, -0.2) is 15.2 Å². The van der Waals surface area contributed by atoms with Crippen LogP contribution in [0.1, 0.15) is 47.1 Å². The first-order valence-corrected chi connectivity index (χ1v) is 21.5. The fourth-order valence-electron chi connectivity index (χ4n) is 9.40. The van der Waals surface area contributed by atoms with E-state index in [-0.39, 0.29) is 6.04 Å². The van der Waals surface area contributed by atoms with Crippen LogP contribution in [0.2, 0.25) is 0 Å². The number of rotatable bonds is 5. The zero-order valence-corrected chi connectivity index (χ0v) is 35.4. The monoisotopic (exact) mass is 777 g/mol. The molecule has 1 atom stereocenters. The maximum Gasteiger partial charge on any atom is 0.0573 e. The first kappa shape index (κ1) is 38.4. The van der Waals surface area contributed by atoms with Gasteiger partial charge in [0.25, 0.3) is 0 Å². The lowest BCUT2D eigenvalue weighted by Crippen LogP contribution is -2.23. The number of hydrogen-bond acceptors (Lipinski definition) is 1. The van der Waals surface area contributed by atoms with Gasteiger partial charge in [0.15, 0.2) is 0 Å². The molecule has 11 rings (SSSR count). The van der Waals surface area contributed by atoms with Crippen molar-refractivity contribution in [1.29, 1.82) is 0 Å². The largest absolute Gasteiger partial charge is 0.333 e. The molecule has 0 amide bonds. The lowest BCUT2D eigenvalue weighted by atomic mass is 9.91. The third kappa shape index (κ3) is 6.21. The van der Waals surface area contributed by atoms with Crippen molar-refractivity contribution in [2.24, 2.45) is 0 Å². The van der Waals surface area contributed by atoms with Gasteiger partial charge in [-0.1, -0.05) is 137 Å². The second kappa shape index (κ2) is 16.3. The molecule has 3 heteroatoms. The number of fused-ring (bicyclic) bond motifs is 7. The molecule has 60 heavy (non-hydrogen) atoms. The highest BCUT2D eigenvalue weighted by Crippen LogP contribution is 2.52. The lowest BCUT2D eigenvalue weighted by Gasteiger charge is -2.27. The molecule has 0 saturated heterocycles. The average molecular weight is 778 g/mol. The van der Waals surface area contributed by atoms with Crippen LogP contribution in [0.4, 0.5) is 11.4 Å². The summed E-state index contributed by atoms with van der Waals surface area (Å²) in [6, 6.07) is 69.0. The molecule has 1 aliphatic heterocycles. The first-order chi connectivity index (χ1) is 29.7. The summed E-state index contributed by atoms with van der Waals surface area (Å²) in [5, 5.41) is 5.01. The van der Waals surface area contributed by atoms with E-state index < -0.39 is 0 Å². The van der Waals surface area contributed by atoms with E-state index in [1.54, 1.807) is 0 Å². The second-order valence-corrected chi connectivity index (χ2v) is 14.9. The van der Waals surface area contributed by atoms with Crippen LogP contribution in [0.25, 0.3) is 82.8 Å². The Hall–Kier alpha value is -7.10. The fraction of sp³-hybridized carbons (Fsp3) is 0.123. The summed E-state index contributed by atoms with van der Waals surface area (Å²) < 4.78 is 4.79. The van der Waals surface area contributed by atoms with Gasteiger partial charge in [-0.2, -0.15) is 0 Å². The molecule has 2 aromatic heterocycles. The average Bonchev–Trinajstić information content (AvgIpc) is 3.94. The van der Waals surface area contributed by atoms with E-state index in [0.717, 1.165) is 0 Å². The summed E-state index contributed by atoms with van der Waals surface area (Å²) in [5.74, 6) is 0. The van der Waals surface area contributed by atoms with Crippen LogP contribution in [0, 0.1) is 0 Å². The number of aromatic nitrogens is 2. The van der Waals surface area contributed by atoms with Crippen molar-refractivity contribution in [1.82, 2.24) is 9.13 Å². The number of hydrogen-bond donors (Lipinski definition) is 0. The summed E-state index contributed by atoms with van der Waals surface area (Å²) in [6.07, 6.45) is 2.31. The Morgan fingerprint density at radius 3 is 1.32 bits per heavy atom. The van der Waals surface area contributed by atoms with E-state index in [1.807, 2.05) is 27.7 Å². The zero-order valence-electron chi connectivity index (χ0n) is 35.4. The quantitative estimate of drug-likeness (QED) is 0.170. The van der Waals surface area contributed by atoms with Gasteiger partial charge in [-0.15, -0.1) is 0 Å². The van der Waals surface area contributed by atoms with Crippen molar-refractivity contribution in [2.75, 3.05) is 4.90 Å². The second-order valence-electron chi connectivity index (χ2n) is 14.9. The highest BCUT2D eigenvalue weighted by atomic mass is 15.2. The Labute approximate surface area is 354 Å². The van der Waals surface area contributed by atoms with Crippen molar-refractivity contribution in [3.05, 3.63) is 200 Å². The number of benzene rings is 8. The normalized spacial score (nSPS) is 14.0. The molecule has 3 heterocycles. The molecule has 0 radical (unpaired) electrons. The summed E-state index contributed by atoms with van der Waals surface area (Å²) in [6.45, 7) is 12.5. The number of nitrogens with zero attached hydrogens (tertiary/aromatic N) is 3. The standard InChI is InChI=1S/C53H39N3.2C2H6/c1-3-42-35(2)54(39-17-7-4-8-18-39)53-45(37-28-30-52-47(32-37)44-24-14-16-26-50(44)56(52)41-21-11-6-12-22-41)33-38(34-48(42)53)36-27-29-51-46(31-36)43-23-13-15-25-49(43)55(51)40-19-9-5-10-20-40;2*1-2/h3-35H,1-2H3;2*1-2H3/b42-3+;;. The van der Waals surface area contributed by atoms with Crippen LogP contribution >= 0.6 is 0 Å². The summed E-state index contributed by atoms with van der Waals surface area (Å²) in [4.78, 5) is 2.54. The Bertz CT molecular complexity index is 3150. The van der Waals surface area contributed by atoms with E-state index in [9.17, 15) is 0 Å². The van der Waals surface area contributed by atoms with Gasteiger partial charge in [0, 0.05) is 49.7 Å². The molecule has 0 fully saturated rings. The Morgan fingerprint density at radius 2 is 0.800 bits per heavy atom. The zero-order chi connectivity index (χ0) is 41.3. The Balaban J connectivity index is 0.00000112. The number of anilines is 2. The number of para-hydroxylation sites is 5. The third-order valence-corrected chi connectivity index (χ3v) is 11.9. The molecule has 10 aromatic rings. The predicted octanol–water partition coefficient (Wildman–Crippen LogP) is 16.2. The molecule has 1 unspecified atom stereocenters. The lowest BCUT2D eigenvalue weighted by molar-refractivity contribution is 0.916. The number of allylic oxidation sites excluding steroid dienone is 1. The maximum absolute atomic E-state index is 2.54. The van der Waals surface area contributed by atoms with Gasteiger partial charge in [0.1, 0.15) is 0 Å². The van der Waals surface area contributed by atoms with Crippen LogP contribution < -0.4 is 4.90 Å². The van der Waals surface area contributed by atoms with Crippen LogP contribution in [0.15, 0.2) is 194 Å². The first-order valence-electron chi connectivity index (χ1n) is 21.5. The molecule has 0 spiro atoms. The van der Waals surface area contributed by atoms with Gasteiger partial charge in [0.2, 0.25) is 0 Å². The predicted molar refractivity (Wildman–Crippen MR) is 260 cm³/mol. The van der Waals surface area contributed by atoms with E-state index in [1.165, 1.54) is 99.8 Å². The third-order valence-electron chi connectivity index (χ3n) is 11.9. The molecule has 294 valence electrons. The van der Waals surface area contributed by atoms with Crippen LogP contribution in [0.3, 0.4) is 0 Å². The van der Waals surface area contributed by atoms with Crippen molar-refractivity contribution in [2.45, 2.75) is 47.6 Å². The molecule has 0 N–H and O–H groups in total. The highest BCUT2D eigenvalue weighted by molar-refractivity contribution is 6.13. The van der Waals surface area contributed by atoms with Gasteiger partial charge < -0.3 is 14.0 Å². The molecular formula is C57H51N3. The van der Waals surface area contributed by atoms with Crippen molar-refractivity contribution in [3.63, 3.8) is 0 Å². The van der Waals surface area contributed by atoms with E-state index in [0.29, 0.717) is 0 Å². The van der Waals surface area contributed by atoms with Crippen molar-refractivity contribution >= 4 is 60.6 Å². The van der Waals surface area contributed by atoms with Gasteiger partial charge in [-0.05, 0) is 121 Å². The molecule has 8 aromatic carbocycles. The minimum atomic E-state index is 0.168. The minimum absolute atomic E-state index is 0.168. The van der Waals surface area contributed by atoms with E-state index >= 15 is 0 Å². The van der Waals surface area contributed by atoms with Crippen molar-refractivity contribution < 1.29 is 0 Å². The molecule has 0 bridgehead atoms. The fourth-order valence-corrected chi connectivity index (χ4v) is 9.40. The van der Waals surface area contributed by atoms with E-state index in [4.69, 9.17) is 0 Å². The molecule has 1 aliphatic rings. The summed E-state index contributed by atoms with van der Waals surface area (Å²) >= 11 is 0. The SMILES string of the molecule is C/C=C1/c2cc(-c3ccc4c(c3)c3ccccc3n4-c3ccccc3)cc(-c3ccc4c(c3)c3ccccc3n4-c3ccccc3)c2N(c2ccccc2)C1C.CC.CC. The molecular weight excluding hydrogens is 727 g/mol. The van der Waals surface area contributed by atoms with Gasteiger partial charge >= 0.3 is 0 Å². The van der Waals surface area contributed by atoms with Crippen LogP contribution in [-0.2, 0) is 0 Å². The molecule has 3 nitrogen and oxygen atoms in total. The Kier molecular flexibility index (Phi) is 10.4. The van der Waals surface area contributed by atoms with Gasteiger partial charge in [0.05, 0.1) is 33.8 Å². The smallest absolute Gasteiger partial charge is 0.0573 e.